The second-order valence-electron chi connectivity index (χ2n) is 5.69. The van der Waals surface area contributed by atoms with Gasteiger partial charge in [0.25, 0.3) is 0 Å². The van der Waals surface area contributed by atoms with Crippen molar-refractivity contribution < 1.29 is 14.3 Å². The standard InChI is InChI=1S/C20H18O4/c1-2-14(21)12-16(13-8-4-3-5-9-13)18-19(22)15-10-6-7-11-17(15)24-20(18)23/h3-11,16,22H,2,12H2,1H3/p-1. The molecule has 0 aliphatic rings. The van der Waals surface area contributed by atoms with E-state index in [0.717, 1.165) is 5.56 Å². The molecule has 0 aliphatic carbocycles. The number of Topliss-reactive ketones (excluding diaryl/α,β-unsaturated/α-hetero) is 1. The zero-order valence-electron chi connectivity index (χ0n) is 13.3. The first-order valence-electron chi connectivity index (χ1n) is 7.91. The van der Waals surface area contributed by atoms with Gasteiger partial charge in [-0.2, -0.15) is 0 Å². The first-order valence-corrected chi connectivity index (χ1v) is 7.91. The Labute approximate surface area is 139 Å². The molecule has 3 rings (SSSR count). The molecule has 1 unspecified atom stereocenters. The molecule has 1 atom stereocenters. The summed E-state index contributed by atoms with van der Waals surface area (Å²) in [6.07, 6.45) is 0.468. The summed E-state index contributed by atoms with van der Waals surface area (Å²) in [7, 11) is 0. The minimum absolute atomic E-state index is 0.00388. The molecule has 0 amide bonds. The highest BCUT2D eigenvalue weighted by atomic mass is 16.4. The van der Waals surface area contributed by atoms with Gasteiger partial charge in [-0.15, -0.1) is 0 Å². The summed E-state index contributed by atoms with van der Waals surface area (Å²) in [6, 6.07) is 15.8. The summed E-state index contributed by atoms with van der Waals surface area (Å²) in [5.74, 6) is -0.956. The Hall–Kier alpha value is -2.88. The van der Waals surface area contributed by atoms with Crippen LogP contribution in [0, 0.1) is 0 Å². The smallest absolute Gasteiger partial charge is 0.339 e. The molecule has 0 fully saturated rings. The number of hydrogen-bond acceptors (Lipinski definition) is 4. The lowest BCUT2D eigenvalue weighted by Gasteiger charge is -2.22. The summed E-state index contributed by atoms with van der Waals surface area (Å²) < 4.78 is 5.32. The lowest BCUT2D eigenvalue weighted by atomic mass is 9.86. The topological polar surface area (TPSA) is 70.3 Å². The zero-order valence-corrected chi connectivity index (χ0v) is 13.3. The molecule has 0 radical (unpaired) electrons. The predicted octanol–water partition coefficient (Wildman–Crippen LogP) is 3.37. The molecule has 2 aromatic carbocycles. The molecule has 1 aromatic heterocycles. The van der Waals surface area contributed by atoms with E-state index in [1.54, 1.807) is 31.2 Å². The molecule has 24 heavy (non-hydrogen) atoms. The van der Waals surface area contributed by atoms with Crippen molar-refractivity contribution in [2.75, 3.05) is 0 Å². The van der Waals surface area contributed by atoms with Gasteiger partial charge >= 0.3 is 5.63 Å². The van der Waals surface area contributed by atoms with Gasteiger partial charge in [0.05, 0.1) is 0 Å². The van der Waals surface area contributed by atoms with Crippen LogP contribution in [0.4, 0.5) is 0 Å². The van der Waals surface area contributed by atoms with Crippen molar-refractivity contribution in [2.45, 2.75) is 25.7 Å². The molecule has 0 saturated heterocycles. The molecule has 122 valence electrons. The van der Waals surface area contributed by atoms with E-state index in [-0.39, 0.29) is 29.1 Å². The van der Waals surface area contributed by atoms with Gasteiger partial charge in [0, 0.05) is 29.7 Å². The number of rotatable bonds is 5. The first kappa shape index (κ1) is 16.0. The fraction of sp³-hybridized carbons (Fsp3) is 0.200. The van der Waals surface area contributed by atoms with Crippen LogP contribution in [0.2, 0.25) is 0 Å². The van der Waals surface area contributed by atoms with Gasteiger partial charge in [0.15, 0.2) is 0 Å². The molecule has 4 heteroatoms. The summed E-state index contributed by atoms with van der Waals surface area (Å²) in [4.78, 5) is 24.5. The second-order valence-corrected chi connectivity index (χ2v) is 5.69. The molecular formula is C20H17O4-. The van der Waals surface area contributed by atoms with Crippen LogP contribution >= 0.6 is 0 Å². The minimum Gasteiger partial charge on any atom is -0.872 e. The number of carbonyl (C=O) groups excluding carboxylic acids is 1. The number of para-hydroxylation sites is 1. The quantitative estimate of drug-likeness (QED) is 0.676. The Morgan fingerprint density at radius 3 is 2.46 bits per heavy atom. The van der Waals surface area contributed by atoms with E-state index in [1.165, 1.54) is 0 Å². The Balaban J connectivity index is 2.23. The summed E-state index contributed by atoms with van der Waals surface area (Å²) in [5.41, 5.74) is 0.391. The lowest BCUT2D eigenvalue weighted by Crippen LogP contribution is -2.19. The van der Waals surface area contributed by atoms with Gasteiger partial charge in [-0.1, -0.05) is 61.2 Å². The van der Waals surface area contributed by atoms with Gasteiger partial charge in [0.2, 0.25) is 0 Å². The zero-order chi connectivity index (χ0) is 17.1. The fourth-order valence-electron chi connectivity index (χ4n) is 2.88. The van der Waals surface area contributed by atoms with Crippen LogP contribution in [0.3, 0.4) is 0 Å². The van der Waals surface area contributed by atoms with E-state index in [0.29, 0.717) is 11.8 Å². The van der Waals surface area contributed by atoms with Crippen molar-refractivity contribution in [3.63, 3.8) is 0 Å². The molecule has 4 nitrogen and oxygen atoms in total. The number of benzene rings is 2. The third kappa shape index (κ3) is 2.95. The van der Waals surface area contributed by atoms with E-state index in [1.807, 2.05) is 30.3 Å². The van der Waals surface area contributed by atoms with Gasteiger partial charge in [0.1, 0.15) is 11.4 Å². The Bertz CT molecular complexity index is 925. The average molecular weight is 321 g/mol. The second kappa shape index (κ2) is 6.71. The van der Waals surface area contributed by atoms with E-state index in [9.17, 15) is 14.7 Å². The Kier molecular flexibility index (Phi) is 4.47. The van der Waals surface area contributed by atoms with Crippen molar-refractivity contribution >= 4 is 16.8 Å². The van der Waals surface area contributed by atoms with Crippen LogP contribution in [-0.2, 0) is 4.79 Å². The van der Waals surface area contributed by atoms with Crippen molar-refractivity contribution in [3.8, 4) is 5.75 Å². The third-order valence-electron chi connectivity index (χ3n) is 4.18. The maximum absolute atomic E-state index is 12.9. The SMILES string of the molecule is CCC(=O)CC(c1ccccc1)c1c([O-])c2ccccc2oc1=O. The third-order valence-corrected chi connectivity index (χ3v) is 4.18. The molecule has 0 N–H and O–H groups in total. The van der Waals surface area contributed by atoms with Crippen molar-refractivity contribution in [3.05, 3.63) is 76.1 Å². The fourth-order valence-corrected chi connectivity index (χ4v) is 2.88. The van der Waals surface area contributed by atoms with Gasteiger partial charge < -0.3 is 9.52 Å². The van der Waals surface area contributed by atoms with Crippen LogP contribution in [0.15, 0.2) is 63.8 Å². The van der Waals surface area contributed by atoms with Crippen LogP contribution in [0.5, 0.6) is 5.75 Å². The van der Waals surface area contributed by atoms with Crippen LogP contribution in [0.25, 0.3) is 11.0 Å². The molecular weight excluding hydrogens is 304 g/mol. The summed E-state index contributed by atoms with van der Waals surface area (Å²) in [5, 5.41) is 13.2. The van der Waals surface area contributed by atoms with Crippen molar-refractivity contribution in [1.29, 1.82) is 0 Å². The van der Waals surface area contributed by atoms with E-state index in [2.05, 4.69) is 0 Å². The number of carbonyl (C=O) groups is 1. The summed E-state index contributed by atoms with van der Waals surface area (Å²) in [6.45, 7) is 1.77. The average Bonchev–Trinajstić information content (AvgIpc) is 2.61. The van der Waals surface area contributed by atoms with E-state index < -0.39 is 11.5 Å². The van der Waals surface area contributed by atoms with Crippen LogP contribution in [-0.4, -0.2) is 5.78 Å². The molecule has 3 aromatic rings. The van der Waals surface area contributed by atoms with Gasteiger partial charge in [-0.05, 0) is 11.6 Å². The Morgan fingerprint density at radius 2 is 1.75 bits per heavy atom. The molecule has 0 saturated carbocycles. The number of ketones is 1. The van der Waals surface area contributed by atoms with Gasteiger partial charge in [-0.3, -0.25) is 4.79 Å². The molecule has 0 spiro atoms. The molecule has 1 heterocycles. The van der Waals surface area contributed by atoms with E-state index in [4.69, 9.17) is 4.42 Å². The molecule has 0 aliphatic heterocycles. The monoisotopic (exact) mass is 321 g/mol. The largest absolute Gasteiger partial charge is 0.872 e. The highest BCUT2D eigenvalue weighted by Crippen LogP contribution is 2.34. The van der Waals surface area contributed by atoms with Crippen molar-refractivity contribution in [1.82, 2.24) is 0 Å². The highest BCUT2D eigenvalue weighted by molar-refractivity contribution is 5.85. The maximum Gasteiger partial charge on any atom is 0.339 e. The van der Waals surface area contributed by atoms with Crippen LogP contribution < -0.4 is 10.7 Å². The number of fused-ring (bicyclic) bond motifs is 1. The number of hydrogen-bond donors (Lipinski definition) is 0. The Morgan fingerprint density at radius 1 is 1.08 bits per heavy atom. The normalized spacial score (nSPS) is 12.2. The maximum atomic E-state index is 12.9. The minimum atomic E-state index is -0.670. The van der Waals surface area contributed by atoms with E-state index >= 15 is 0 Å². The first-order chi connectivity index (χ1) is 11.6. The summed E-state index contributed by atoms with van der Waals surface area (Å²) >= 11 is 0. The van der Waals surface area contributed by atoms with Crippen molar-refractivity contribution in [2.24, 2.45) is 0 Å². The van der Waals surface area contributed by atoms with Gasteiger partial charge in [-0.25, -0.2) is 4.79 Å². The predicted molar refractivity (Wildman–Crippen MR) is 90.1 cm³/mol. The lowest BCUT2D eigenvalue weighted by molar-refractivity contribution is -0.267. The molecule has 0 bridgehead atoms. The van der Waals surface area contributed by atoms with Crippen LogP contribution in [0.1, 0.15) is 36.8 Å². The highest BCUT2D eigenvalue weighted by Gasteiger charge is 2.23.